The summed E-state index contributed by atoms with van der Waals surface area (Å²) in [4.78, 5) is 2.64. The molecular formula is C17H19NO4S. The van der Waals surface area contributed by atoms with E-state index in [2.05, 4.69) is 53.4 Å². The fourth-order valence-electron chi connectivity index (χ4n) is 3.47. The number of fused-ring (bicyclic) bond motifs is 4. The van der Waals surface area contributed by atoms with Crippen LogP contribution in [0, 0.1) is 0 Å². The van der Waals surface area contributed by atoms with Crippen LogP contribution in [-0.2, 0) is 29.8 Å². The SMILES string of the molecule is O=S(=O)(O)O.c1ccc2c(c1)CC1c3ccccc3CCN1C2. The van der Waals surface area contributed by atoms with Gasteiger partial charge in [-0.3, -0.25) is 14.0 Å². The highest BCUT2D eigenvalue weighted by atomic mass is 32.3. The minimum absolute atomic E-state index is 0.602. The van der Waals surface area contributed by atoms with Crippen molar-refractivity contribution in [3.05, 3.63) is 70.8 Å². The van der Waals surface area contributed by atoms with Crippen LogP contribution in [0.25, 0.3) is 0 Å². The summed E-state index contributed by atoms with van der Waals surface area (Å²) in [5.41, 5.74) is 6.17. The molecule has 4 rings (SSSR count). The van der Waals surface area contributed by atoms with Crippen molar-refractivity contribution in [1.82, 2.24) is 4.90 Å². The van der Waals surface area contributed by atoms with E-state index in [1.165, 1.54) is 30.5 Å². The first-order chi connectivity index (χ1) is 10.9. The molecule has 2 aromatic carbocycles. The van der Waals surface area contributed by atoms with Crippen LogP contribution in [0.4, 0.5) is 0 Å². The molecule has 122 valence electrons. The molecule has 1 unspecified atom stereocenters. The van der Waals surface area contributed by atoms with E-state index in [-0.39, 0.29) is 0 Å². The highest BCUT2D eigenvalue weighted by Crippen LogP contribution is 2.37. The molecule has 2 N–H and O–H groups in total. The molecule has 0 aromatic heterocycles. The monoisotopic (exact) mass is 333 g/mol. The average molecular weight is 333 g/mol. The zero-order valence-electron chi connectivity index (χ0n) is 12.6. The van der Waals surface area contributed by atoms with Crippen molar-refractivity contribution in [3.63, 3.8) is 0 Å². The molecule has 1 atom stereocenters. The molecule has 0 saturated heterocycles. The van der Waals surface area contributed by atoms with E-state index in [9.17, 15) is 0 Å². The summed E-state index contributed by atoms with van der Waals surface area (Å²) in [7, 11) is -4.67. The number of rotatable bonds is 0. The maximum absolute atomic E-state index is 8.74. The maximum Gasteiger partial charge on any atom is 0.394 e. The van der Waals surface area contributed by atoms with Crippen LogP contribution in [0.15, 0.2) is 48.5 Å². The molecule has 0 fully saturated rings. The van der Waals surface area contributed by atoms with Gasteiger partial charge in [0.25, 0.3) is 0 Å². The van der Waals surface area contributed by atoms with Gasteiger partial charge in [0.1, 0.15) is 0 Å². The van der Waals surface area contributed by atoms with Crippen molar-refractivity contribution in [3.8, 4) is 0 Å². The Bertz CT molecular complexity index is 796. The van der Waals surface area contributed by atoms with E-state index in [0.717, 1.165) is 6.54 Å². The first-order valence-electron chi connectivity index (χ1n) is 7.50. The molecule has 2 aliphatic heterocycles. The van der Waals surface area contributed by atoms with Gasteiger partial charge in [-0.05, 0) is 35.1 Å². The van der Waals surface area contributed by atoms with Crippen LogP contribution in [0.3, 0.4) is 0 Å². The van der Waals surface area contributed by atoms with Crippen molar-refractivity contribution in [2.24, 2.45) is 0 Å². The fourth-order valence-corrected chi connectivity index (χ4v) is 3.47. The molecule has 2 aromatic rings. The van der Waals surface area contributed by atoms with Gasteiger partial charge in [-0.15, -0.1) is 0 Å². The molecule has 0 radical (unpaired) electrons. The molecule has 2 aliphatic rings. The van der Waals surface area contributed by atoms with E-state index in [0.29, 0.717) is 6.04 Å². The third-order valence-corrected chi connectivity index (χ3v) is 4.43. The summed E-state index contributed by atoms with van der Waals surface area (Å²) in [5.74, 6) is 0. The number of benzene rings is 2. The Morgan fingerprint density at radius 3 is 2.17 bits per heavy atom. The van der Waals surface area contributed by atoms with Crippen LogP contribution < -0.4 is 0 Å². The fraction of sp³-hybridized carbons (Fsp3) is 0.294. The Morgan fingerprint density at radius 1 is 0.913 bits per heavy atom. The summed E-state index contributed by atoms with van der Waals surface area (Å²) in [6, 6.07) is 18.5. The predicted molar refractivity (Wildman–Crippen MR) is 87.6 cm³/mol. The third-order valence-electron chi connectivity index (χ3n) is 4.43. The lowest BCUT2D eigenvalue weighted by Crippen LogP contribution is -2.39. The van der Waals surface area contributed by atoms with E-state index < -0.39 is 10.4 Å². The molecule has 0 aliphatic carbocycles. The highest BCUT2D eigenvalue weighted by Gasteiger charge is 2.31. The summed E-state index contributed by atoms with van der Waals surface area (Å²) in [6.07, 6.45) is 2.38. The van der Waals surface area contributed by atoms with Gasteiger partial charge >= 0.3 is 10.4 Å². The quantitative estimate of drug-likeness (QED) is 0.725. The Morgan fingerprint density at radius 2 is 1.48 bits per heavy atom. The first-order valence-corrected chi connectivity index (χ1v) is 8.90. The largest absolute Gasteiger partial charge is 0.394 e. The Kier molecular flexibility index (Phi) is 4.50. The van der Waals surface area contributed by atoms with Gasteiger partial charge in [0.15, 0.2) is 0 Å². The van der Waals surface area contributed by atoms with Crippen LogP contribution >= 0.6 is 0 Å². The Hall–Kier alpha value is -1.73. The molecule has 0 amide bonds. The van der Waals surface area contributed by atoms with Gasteiger partial charge in [-0.25, -0.2) is 0 Å². The number of nitrogens with zero attached hydrogens (tertiary/aromatic N) is 1. The van der Waals surface area contributed by atoms with E-state index in [1.54, 1.807) is 11.1 Å². The van der Waals surface area contributed by atoms with Crippen molar-refractivity contribution in [2.45, 2.75) is 25.4 Å². The summed E-state index contributed by atoms with van der Waals surface area (Å²) < 4.78 is 31.6. The minimum atomic E-state index is -4.67. The molecule has 6 heteroatoms. The normalized spacial score (nSPS) is 19.7. The second kappa shape index (κ2) is 6.41. The minimum Gasteiger partial charge on any atom is -0.291 e. The highest BCUT2D eigenvalue weighted by molar-refractivity contribution is 7.79. The molecular weight excluding hydrogens is 314 g/mol. The van der Waals surface area contributed by atoms with E-state index in [1.807, 2.05) is 0 Å². The molecule has 0 bridgehead atoms. The third kappa shape index (κ3) is 3.97. The lowest BCUT2D eigenvalue weighted by Gasteiger charge is -2.41. The zero-order valence-corrected chi connectivity index (χ0v) is 13.4. The Labute approximate surface area is 136 Å². The van der Waals surface area contributed by atoms with Crippen molar-refractivity contribution < 1.29 is 17.5 Å². The second-order valence-corrected chi connectivity index (χ2v) is 6.75. The molecule has 0 saturated carbocycles. The molecule has 0 spiro atoms. The predicted octanol–water partition coefficient (Wildman–Crippen LogP) is 2.69. The van der Waals surface area contributed by atoms with E-state index in [4.69, 9.17) is 17.5 Å². The van der Waals surface area contributed by atoms with Crippen molar-refractivity contribution in [2.75, 3.05) is 6.54 Å². The van der Waals surface area contributed by atoms with Crippen molar-refractivity contribution >= 4 is 10.4 Å². The maximum atomic E-state index is 8.74. The summed E-state index contributed by atoms with van der Waals surface area (Å²) in [5, 5.41) is 0. The molecule has 5 nitrogen and oxygen atoms in total. The summed E-state index contributed by atoms with van der Waals surface area (Å²) in [6.45, 7) is 2.32. The van der Waals surface area contributed by atoms with Gasteiger partial charge in [0.05, 0.1) is 0 Å². The standard InChI is InChI=1S/C17H17N.H2O4S/c1-2-7-15-12-18-10-9-13-5-3-4-8-16(13)17(18)11-14(15)6-1;1-5(2,3)4/h1-8,17H,9-12H2;(H2,1,2,3,4). The van der Waals surface area contributed by atoms with Crippen LogP contribution in [-0.4, -0.2) is 29.0 Å². The molecule has 23 heavy (non-hydrogen) atoms. The van der Waals surface area contributed by atoms with E-state index >= 15 is 0 Å². The van der Waals surface area contributed by atoms with Gasteiger partial charge in [0, 0.05) is 19.1 Å². The topological polar surface area (TPSA) is 77.8 Å². The first kappa shape index (κ1) is 16.1. The van der Waals surface area contributed by atoms with Gasteiger partial charge in [-0.2, -0.15) is 8.42 Å². The lowest BCUT2D eigenvalue weighted by molar-refractivity contribution is 0.161. The lowest BCUT2D eigenvalue weighted by atomic mass is 9.84. The van der Waals surface area contributed by atoms with Gasteiger partial charge in [0.2, 0.25) is 0 Å². The van der Waals surface area contributed by atoms with Crippen LogP contribution in [0.1, 0.15) is 28.3 Å². The average Bonchev–Trinajstić information content (AvgIpc) is 2.51. The van der Waals surface area contributed by atoms with Gasteiger partial charge < -0.3 is 0 Å². The molecule has 2 heterocycles. The second-order valence-electron chi connectivity index (χ2n) is 5.86. The number of hydrogen-bond acceptors (Lipinski definition) is 3. The smallest absolute Gasteiger partial charge is 0.291 e. The summed E-state index contributed by atoms with van der Waals surface area (Å²) >= 11 is 0. The van der Waals surface area contributed by atoms with Crippen molar-refractivity contribution in [1.29, 1.82) is 0 Å². The van der Waals surface area contributed by atoms with Crippen LogP contribution in [0.2, 0.25) is 0 Å². The Balaban J connectivity index is 0.000000276. The zero-order chi connectivity index (χ0) is 16.4. The number of hydrogen-bond donors (Lipinski definition) is 2. The van der Waals surface area contributed by atoms with Gasteiger partial charge in [-0.1, -0.05) is 48.5 Å². The van der Waals surface area contributed by atoms with Crippen LogP contribution in [0.5, 0.6) is 0 Å².